The van der Waals surface area contributed by atoms with E-state index >= 15 is 0 Å². The van der Waals surface area contributed by atoms with Crippen molar-refractivity contribution in [1.29, 1.82) is 0 Å². The third kappa shape index (κ3) is 8.49. The van der Waals surface area contributed by atoms with Gasteiger partial charge in [-0.3, -0.25) is 4.79 Å². The van der Waals surface area contributed by atoms with Crippen LogP contribution in [-0.4, -0.2) is 40.6 Å². The Morgan fingerprint density at radius 1 is 1.17 bits per heavy atom. The van der Waals surface area contributed by atoms with Crippen LogP contribution in [0.1, 0.15) is 26.2 Å². The molecule has 0 spiro atoms. The first kappa shape index (κ1) is 22.6. The summed E-state index contributed by atoms with van der Waals surface area (Å²) in [6.07, 6.45) is 1.77. The molecule has 138 valence electrons. The van der Waals surface area contributed by atoms with Crippen LogP contribution in [0.4, 0.5) is 0 Å². The van der Waals surface area contributed by atoms with Crippen molar-refractivity contribution >= 4 is 28.3 Å². The summed E-state index contributed by atoms with van der Waals surface area (Å²) in [7, 11) is -3.62. The van der Waals surface area contributed by atoms with Crippen molar-refractivity contribution in [2.24, 2.45) is 5.73 Å². The fourth-order valence-electron chi connectivity index (χ4n) is 1.85. The molecular formula is C15H26ClN3O4S. The third-order valence-corrected chi connectivity index (χ3v) is 4.52. The Hall–Kier alpha value is -1.35. The van der Waals surface area contributed by atoms with Crippen LogP contribution in [0.15, 0.2) is 29.2 Å². The number of hydrogen-bond acceptors (Lipinski definition) is 5. The van der Waals surface area contributed by atoms with Gasteiger partial charge in [-0.05, 0) is 50.6 Å². The van der Waals surface area contributed by atoms with Crippen molar-refractivity contribution in [2.75, 3.05) is 26.2 Å². The Bertz CT molecular complexity index is 579. The zero-order chi connectivity index (χ0) is 17.1. The topological polar surface area (TPSA) is 111 Å². The minimum absolute atomic E-state index is 0. The summed E-state index contributed by atoms with van der Waals surface area (Å²) < 4.78 is 31.8. The summed E-state index contributed by atoms with van der Waals surface area (Å²) in [5, 5.41) is 2.72. The van der Waals surface area contributed by atoms with Crippen LogP contribution in [-0.2, 0) is 14.8 Å². The summed E-state index contributed by atoms with van der Waals surface area (Å²) in [6, 6.07) is 6.14. The minimum Gasteiger partial charge on any atom is -0.494 e. The highest BCUT2D eigenvalue weighted by Crippen LogP contribution is 2.15. The van der Waals surface area contributed by atoms with Gasteiger partial charge in [-0.25, -0.2) is 13.1 Å². The monoisotopic (exact) mass is 379 g/mol. The van der Waals surface area contributed by atoms with Gasteiger partial charge in [-0.1, -0.05) is 0 Å². The minimum atomic E-state index is -3.62. The van der Waals surface area contributed by atoms with Crippen LogP contribution in [0, 0.1) is 0 Å². The van der Waals surface area contributed by atoms with E-state index in [0.29, 0.717) is 25.4 Å². The van der Waals surface area contributed by atoms with Crippen LogP contribution in [0.3, 0.4) is 0 Å². The normalized spacial score (nSPS) is 10.8. The first-order valence-electron chi connectivity index (χ1n) is 7.69. The second kappa shape index (κ2) is 12.1. The molecule has 4 N–H and O–H groups in total. The lowest BCUT2D eigenvalue weighted by atomic mass is 10.3. The van der Waals surface area contributed by atoms with E-state index in [0.717, 1.165) is 12.8 Å². The van der Waals surface area contributed by atoms with Gasteiger partial charge < -0.3 is 15.8 Å². The molecule has 0 aliphatic rings. The van der Waals surface area contributed by atoms with Gasteiger partial charge in [0.1, 0.15) is 5.75 Å². The Morgan fingerprint density at radius 2 is 1.83 bits per heavy atom. The molecule has 0 aromatic heterocycles. The van der Waals surface area contributed by atoms with Gasteiger partial charge >= 0.3 is 0 Å². The highest BCUT2D eigenvalue weighted by molar-refractivity contribution is 7.89. The molecule has 9 heteroatoms. The smallest absolute Gasteiger partial charge is 0.240 e. The van der Waals surface area contributed by atoms with Gasteiger partial charge in [0.2, 0.25) is 15.9 Å². The van der Waals surface area contributed by atoms with Gasteiger partial charge in [0, 0.05) is 19.5 Å². The van der Waals surface area contributed by atoms with E-state index < -0.39 is 10.0 Å². The number of amides is 1. The molecule has 0 aliphatic heterocycles. The number of hydrogen-bond donors (Lipinski definition) is 3. The van der Waals surface area contributed by atoms with Crippen molar-refractivity contribution in [3.05, 3.63) is 24.3 Å². The number of benzene rings is 1. The standard InChI is InChI=1S/C15H25N3O4S.ClH/c1-2-22-13-5-7-14(8-6-13)23(20,21)18-12-9-15(19)17-11-4-3-10-16;/h5-8,18H,2-4,9-12,16H2,1H3,(H,17,19);1H. The van der Waals surface area contributed by atoms with Crippen LogP contribution in [0.2, 0.25) is 0 Å². The molecule has 7 nitrogen and oxygen atoms in total. The first-order valence-corrected chi connectivity index (χ1v) is 9.17. The SMILES string of the molecule is CCOc1ccc(S(=O)(=O)NCCC(=O)NCCCCN)cc1.Cl. The maximum absolute atomic E-state index is 12.1. The molecule has 0 atom stereocenters. The Kier molecular flexibility index (Phi) is 11.4. The highest BCUT2D eigenvalue weighted by atomic mass is 35.5. The van der Waals surface area contributed by atoms with E-state index in [1.54, 1.807) is 12.1 Å². The fraction of sp³-hybridized carbons (Fsp3) is 0.533. The first-order chi connectivity index (χ1) is 11.0. The maximum Gasteiger partial charge on any atom is 0.240 e. The predicted octanol–water partition coefficient (Wildman–Crippen LogP) is 1.03. The summed E-state index contributed by atoms with van der Waals surface area (Å²) in [4.78, 5) is 11.7. The Balaban J connectivity index is 0.00000529. The van der Waals surface area contributed by atoms with E-state index in [2.05, 4.69) is 10.0 Å². The number of nitrogens with one attached hydrogen (secondary N) is 2. The molecule has 0 fully saturated rings. The zero-order valence-electron chi connectivity index (χ0n) is 13.8. The molecule has 1 rings (SSSR count). The van der Waals surface area contributed by atoms with Gasteiger partial charge in [0.25, 0.3) is 0 Å². The molecule has 0 heterocycles. The fourth-order valence-corrected chi connectivity index (χ4v) is 2.88. The molecule has 0 radical (unpaired) electrons. The molecule has 24 heavy (non-hydrogen) atoms. The van der Waals surface area contributed by atoms with E-state index in [4.69, 9.17) is 10.5 Å². The second-order valence-electron chi connectivity index (χ2n) is 4.90. The van der Waals surface area contributed by atoms with E-state index in [9.17, 15) is 13.2 Å². The van der Waals surface area contributed by atoms with Crippen molar-refractivity contribution in [1.82, 2.24) is 10.0 Å². The molecular weight excluding hydrogens is 354 g/mol. The highest BCUT2D eigenvalue weighted by Gasteiger charge is 2.14. The summed E-state index contributed by atoms with van der Waals surface area (Å²) >= 11 is 0. The van der Waals surface area contributed by atoms with Gasteiger partial charge in [-0.15, -0.1) is 12.4 Å². The van der Waals surface area contributed by atoms with E-state index in [1.807, 2.05) is 6.92 Å². The Labute approximate surface area is 149 Å². The summed E-state index contributed by atoms with van der Waals surface area (Å²) in [5.41, 5.74) is 5.36. The average Bonchev–Trinajstić information content (AvgIpc) is 2.52. The number of carbonyl (C=O) groups excluding carboxylic acids is 1. The van der Waals surface area contributed by atoms with Gasteiger partial charge in [0.05, 0.1) is 11.5 Å². The predicted molar refractivity (Wildman–Crippen MR) is 96.0 cm³/mol. The van der Waals surface area contributed by atoms with Crippen molar-refractivity contribution in [3.63, 3.8) is 0 Å². The van der Waals surface area contributed by atoms with Crippen LogP contribution in [0.5, 0.6) is 5.75 Å². The quantitative estimate of drug-likeness (QED) is 0.497. The molecule has 0 saturated heterocycles. The Morgan fingerprint density at radius 3 is 2.42 bits per heavy atom. The number of nitrogens with two attached hydrogens (primary N) is 1. The second-order valence-corrected chi connectivity index (χ2v) is 6.66. The number of halogens is 1. The lowest BCUT2D eigenvalue weighted by molar-refractivity contribution is -0.120. The molecule has 1 aromatic carbocycles. The number of ether oxygens (including phenoxy) is 1. The van der Waals surface area contributed by atoms with Crippen molar-refractivity contribution in [3.8, 4) is 5.75 Å². The molecule has 0 bridgehead atoms. The number of sulfonamides is 1. The summed E-state index contributed by atoms with van der Waals surface area (Å²) in [6.45, 7) is 3.58. The zero-order valence-corrected chi connectivity index (χ0v) is 15.4. The van der Waals surface area contributed by atoms with Crippen LogP contribution in [0.25, 0.3) is 0 Å². The van der Waals surface area contributed by atoms with Gasteiger partial charge in [0.15, 0.2) is 0 Å². The summed E-state index contributed by atoms with van der Waals surface area (Å²) in [5.74, 6) is 0.430. The van der Waals surface area contributed by atoms with Crippen LogP contribution >= 0.6 is 12.4 Å². The molecule has 1 amide bonds. The van der Waals surface area contributed by atoms with Gasteiger partial charge in [-0.2, -0.15) is 0 Å². The number of rotatable bonds is 11. The molecule has 0 saturated carbocycles. The van der Waals surface area contributed by atoms with Crippen LogP contribution < -0.4 is 20.5 Å². The lowest BCUT2D eigenvalue weighted by Gasteiger charge is -2.08. The molecule has 0 aliphatic carbocycles. The van der Waals surface area contributed by atoms with Crippen molar-refractivity contribution < 1.29 is 17.9 Å². The average molecular weight is 380 g/mol. The lowest BCUT2D eigenvalue weighted by Crippen LogP contribution is -2.31. The van der Waals surface area contributed by atoms with Crippen molar-refractivity contribution in [2.45, 2.75) is 31.1 Å². The number of unbranched alkanes of at least 4 members (excludes halogenated alkanes) is 1. The molecule has 1 aromatic rings. The van der Waals surface area contributed by atoms with E-state index in [1.165, 1.54) is 12.1 Å². The van der Waals surface area contributed by atoms with E-state index in [-0.39, 0.29) is 36.2 Å². The maximum atomic E-state index is 12.1. The third-order valence-electron chi connectivity index (χ3n) is 3.04. The largest absolute Gasteiger partial charge is 0.494 e. The number of carbonyl (C=O) groups is 1. The molecule has 0 unspecified atom stereocenters.